The third kappa shape index (κ3) is 6.26. The molecule has 0 spiro atoms. The van der Waals surface area contributed by atoms with E-state index in [0.29, 0.717) is 25.6 Å². The number of piperazine rings is 1. The first-order valence-electron chi connectivity index (χ1n) is 14.8. The van der Waals surface area contributed by atoms with Crippen LogP contribution in [-0.4, -0.2) is 60.3 Å². The van der Waals surface area contributed by atoms with Crippen molar-refractivity contribution in [3.63, 3.8) is 0 Å². The number of amides is 1. The summed E-state index contributed by atoms with van der Waals surface area (Å²) in [4.78, 5) is 20.4. The number of carbonyl (C=O) groups excluding carboxylic acids is 1. The summed E-state index contributed by atoms with van der Waals surface area (Å²) in [6.07, 6.45) is 3.07. The first-order chi connectivity index (χ1) is 19.7. The number of para-hydroxylation sites is 2. The van der Waals surface area contributed by atoms with Crippen LogP contribution in [0.2, 0.25) is 0 Å². The quantitative estimate of drug-likeness (QED) is 0.424. The van der Waals surface area contributed by atoms with E-state index < -0.39 is 5.60 Å². The Morgan fingerprint density at radius 3 is 2.32 bits per heavy atom. The number of rotatable bonds is 6. The minimum atomic E-state index is -0.967. The van der Waals surface area contributed by atoms with Crippen LogP contribution in [0.25, 0.3) is 0 Å². The second-order valence-electron chi connectivity index (χ2n) is 12.3. The summed E-state index contributed by atoms with van der Waals surface area (Å²) >= 11 is 0. The van der Waals surface area contributed by atoms with Gasteiger partial charge in [-0.25, -0.2) is 0 Å². The number of carbonyl (C=O) groups is 1. The molecule has 5 rings (SSSR count). The zero-order valence-corrected chi connectivity index (χ0v) is 24.8. The highest BCUT2D eigenvalue weighted by atomic mass is 16.3. The zero-order chi connectivity index (χ0) is 29.1. The van der Waals surface area contributed by atoms with Gasteiger partial charge in [0.2, 0.25) is 0 Å². The highest BCUT2D eigenvalue weighted by molar-refractivity contribution is 5.96. The van der Waals surface area contributed by atoms with Crippen LogP contribution in [0.4, 0.5) is 11.4 Å². The number of aryl methyl sites for hydroxylation is 2. The maximum atomic E-state index is 13.9. The molecule has 41 heavy (non-hydrogen) atoms. The first-order valence-corrected chi connectivity index (χ1v) is 14.8. The van der Waals surface area contributed by atoms with E-state index >= 15 is 0 Å². The van der Waals surface area contributed by atoms with Crippen LogP contribution >= 0.6 is 0 Å². The van der Waals surface area contributed by atoms with E-state index in [0.717, 1.165) is 60.4 Å². The molecule has 2 heterocycles. The number of piperidine rings is 1. The molecule has 2 aliphatic heterocycles. The van der Waals surface area contributed by atoms with Crippen LogP contribution in [0.3, 0.4) is 0 Å². The summed E-state index contributed by atoms with van der Waals surface area (Å²) < 4.78 is 0. The average molecular weight is 551 g/mol. The Kier molecular flexibility index (Phi) is 8.37. The van der Waals surface area contributed by atoms with E-state index in [-0.39, 0.29) is 11.9 Å². The fourth-order valence-corrected chi connectivity index (χ4v) is 6.55. The number of hydrogen-bond acceptors (Lipinski definition) is 5. The fourth-order valence-electron chi connectivity index (χ4n) is 6.55. The van der Waals surface area contributed by atoms with Gasteiger partial charge in [-0.1, -0.05) is 36.4 Å². The lowest BCUT2D eigenvalue weighted by Crippen LogP contribution is -2.62. The number of hydrogen-bond donors (Lipinski definition) is 1. The number of benzene rings is 3. The Morgan fingerprint density at radius 2 is 1.63 bits per heavy atom. The molecule has 0 radical (unpaired) electrons. The zero-order valence-electron chi connectivity index (χ0n) is 24.8. The van der Waals surface area contributed by atoms with Gasteiger partial charge in [0.05, 0.1) is 22.9 Å². The van der Waals surface area contributed by atoms with Crippen molar-refractivity contribution in [2.75, 3.05) is 42.5 Å². The SMILES string of the molecule is Cc1cc(C)c(C(=O)N2CCN(c3ccccc3)[C@@H](C(C)(C)O)C2)cc1CC1CCN(c2ccccc2C#N)CC1. The van der Waals surface area contributed by atoms with E-state index in [2.05, 4.69) is 47.1 Å². The monoisotopic (exact) mass is 550 g/mol. The molecule has 214 valence electrons. The third-order valence-electron chi connectivity index (χ3n) is 8.97. The molecule has 1 amide bonds. The van der Waals surface area contributed by atoms with Crippen molar-refractivity contribution in [1.82, 2.24) is 4.90 Å². The predicted molar refractivity (Wildman–Crippen MR) is 165 cm³/mol. The van der Waals surface area contributed by atoms with E-state index in [4.69, 9.17) is 0 Å². The summed E-state index contributed by atoms with van der Waals surface area (Å²) in [7, 11) is 0. The molecule has 3 aromatic carbocycles. The summed E-state index contributed by atoms with van der Waals surface area (Å²) in [5.74, 6) is 0.590. The van der Waals surface area contributed by atoms with Crippen molar-refractivity contribution in [3.05, 3.63) is 94.5 Å². The highest BCUT2D eigenvalue weighted by Crippen LogP contribution is 2.31. The van der Waals surface area contributed by atoms with E-state index in [1.54, 1.807) is 0 Å². The van der Waals surface area contributed by atoms with Crippen LogP contribution in [-0.2, 0) is 6.42 Å². The fraction of sp³-hybridized carbons (Fsp3) is 0.429. The molecule has 0 aliphatic carbocycles. The van der Waals surface area contributed by atoms with Crippen LogP contribution in [0, 0.1) is 31.1 Å². The maximum absolute atomic E-state index is 13.9. The summed E-state index contributed by atoms with van der Waals surface area (Å²) in [5.41, 5.74) is 6.13. The van der Waals surface area contributed by atoms with Gasteiger partial charge in [0.1, 0.15) is 6.07 Å². The molecule has 2 fully saturated rings. The summed E-state index contributed by atoms with van der Waals surface area (Å²) in [6.45, 7) is 11.5. The predicted octanol–water partition coefficient (Wildman–Crippen LogP) is 5.74. The Labute approximate surface area is 244 Å². The molecule has 0 saturated carbocycles. The molecule has 2 saturated heterocycles. The van der Waals surface area contributed by atoms with Gasteiger partial charge < -0.3 is 19.8 Å². The third-order valence-corrected chi connectivity index (χ3v) is 8.97. The molecule has 6 nitrogen and oxygen atoms in total. The van der Waals surface area contributed by atoms with Gasteiger partial charge in [0.25, 0.3) is 5.91 Å². The lowest BCUT2D eigenvalue weighted by Gasteiger charge is -2.47. The minimum Gasteiger partial charge on any atom is -0.388 e. The van der Waals surface area contributed by atoms with Crippen molar-refractivity contribution in [2.24, 2.45) is 5.92 Å². The lowest BCUT2D eigenvalue weighted by molar-refractivity contribution is 0.0227. The van der Waals surface area contributed by atoms with Gasteiger partial charge in [0, 0.05) is 44.0 Å². The van der Waals surface area contributed by atoms with Crippen LogP contribution in [0.15, 0.2) is 66.7 Å². The molecule has 1 N–H and O–H groups in total. The maximum Gasteiger partial charge on any atom is 0.254 e. The lowest BCUT2D eigenvalue weighted by atomic mass is 9.86. The molecule has 0 aromatic heterocycles. The van der Waals surface area contributed by atoms with Gasteiger partial charge >= 0.3 is 0 Å². The smallest absolute Gasteiger partial charge is 0.254 e. The van der Waals surface area contributed by atoms with E-state index in [1.165, 1.54) is 11.1 Å². The largest absolute Gasteiger partial charge is 0.388 e. The van der Waals surface area contributed by atoms with E-state index in [1.807, 2.05) is 68.1 Å². The van der Waals surface area contributed by atoms with Crippen molar-refractivity contribution in [1.29, 1.82) is 5.26 Å². The normalized spacial score (nSPS) is 18.3. The topological polar surface area (TPSA) is 70.8 Å². The van der Waals surface area contributed by atoms with E-state index in [9.17, 15) is 15.2 Å². The Morgan fingerprint density at radius 1 is 0.951 bits per heavy atom. The molecule has 1 atom stereocenters. The molecule has 3 aromatic rings. The minimum absolute atomic E-state index is 0.0497. The van der Waals surface area contributed by atoms with Crippen molar-refractivity contribution in [3.8, 4) is 6.07 Å². The van der Waals surface area contributed by atoms with Crippen molar-refractivity contribution >= 4 is 17.3 Å². The molecule has 0 unspecified atom stereocenters. The second-order valence-corrected chi connectivity index (χ2v) is 12.3. The van der Waals surface area contributed by atoms with Crippen LogP contribution < -0.4 is 9.80 Å². The number of nitriles is 1. The van der Waals surface area contributed by atoms with Gasteiger partial charge in [-0.05, 0) is 99.9 Å². The number of anilines is 2. The highest BCUT2D eigenvalue weighted by Gasteiger charge is 2.39. The van der Waals surface area contributed by atoms with Gasteiger partial charge in [-0.2, -0.15) is 5.26 Å². The Hall–Kier alpha value is -3.82. The summed E-state index contributed by atoms with van der Waals surface area (Å²) in [6, 6.07) is 24.4. The van der Waals surface area contributed by atoms with Gasteiger partial charge in [0.15, 0.2) is 0 Å². The average Bonchev–Trinajstić information content (AvgIpc) is 2.98. The van der Waals surface area contributed by atoms with Crippen LogP contribution in [0.1, 0.15) is 59.3 Å². The van der Waals surface area contributed by atoms with Gasteiger partial charge in [-0.15, -0.1) is 0 Å². The van der Waals surface area contributed by atoms with Gasteiger partial charge in [-0.3, -0.25) is 4.79 Å². The molecule has 0 bridgehead atoms. The second kappa shape index (κ2) is 12.0. The van der Waals surface area contributed by atoms with Crippen LogP contribution in [0.5, 0.6) is 0 Å². The number of aliphatic hydroxyl groups is 1. The Bertz CT molecular complexity index is 1410. The molecule has 2 aliphatic rings. The molecule has 6 heteroatoms. The standard InChI is InChI=1S/C35H42N4O2/c1-25-20-26(2)31(22-29(25)21-27-14-16-37(17-15-27)32-13-9-8-10-28(32)23-36)34(40)38-18-19-39(30-11-6-5-7-12-30)33(24-38)35(3,4)41/h5-13,20,22,27,33,41H,14-19,21,24H2,1-4H3/t33-/m1/s1. The summed E-state index contributed by atoms with van der Waals surface area (Å²) in [5, 5.41) is 20.6. The first kappa shape index (κ1) is 28.7. The molecular weight excluding hydrogens is 508 g/mol. The molecular formula is C35H42N4O2. The van der Waals surface area contributed by atoms with Crippen molar-refractivity contribution < 1.29 is 9.90 Å². The Balaban J connectivity index is 1.29. The number of nitrogens with zero attached hydrogens (tertiary/aromatic N) is 4. The van der Waals surface area contributed by atoms with Crippen molar-refractivity contribution in [2.45, 2.75) is 58.6 Å².